The molecule has 0 bridgehead atoms. The van der Waals surface area contributed by atoms with E-state index in [2.05, 4.69) is 76.2 Å². The summed E-state index contributed by atoms with van der Waals surface area (Å²) < 4.78 is 7.69. The fourth-order valence-electron chi connectivity index (χ4n) is 12.4. The number of ether oxygens (including phenoxy) is 1. The Balaban J connectivity index is 1.05. The molecule has 2 aromatic carbocycles. The van der Waals surface area contributed by atoms with Gasteiger partial charge in [-0.1, -0.05) is 176 Å². The first-order valence-corrected chi connectivity index (χ1v) is 24.8. The van der Waals surface area contributed by atoms with Gasteiger partial charge in [0, 0.05) is 0 Å². The zero-order valence-corrected chi connectivity index (χ0v) is 36.6. The maximum absolute atomic E-state index is 7.69. The lowest BCUT2D eigenvalue weighted by Gasteiger charge is -2.43. The number of aryl methyl sites for hydroxylation is 2. The zero-order valence-electron chi connectivity index (χ0n) is 36.6. The molecule has 308 valence electrons. The number of benzene rings is 2. The van der Waals surface area contributed by atoms with Crippen LogP contribution in [0.5, 0.6) is 0 Å². The molecule has 0 radical (unpaired) electrons. The van der Waals surface area contributed by atoms with Crippen molar-refractivity contribution < 1.29 is 4.74 Å². The number of hydrogen-bond donors (Lipinski definition) is 0. The van der Waals surface area contributed by atoms with E-state index in [9.17, 15) is 0 Å². The molecule has 2 aromatic rings. The smallest absolute Gasteiger partial charge is 0.0861 e. The molecule has 4 aliphatic rings. The van der Waals surface area contributed by atoms with Gasteiger partial charge < -0.3 is 4.74 Å². The van der Waals surface area contributed by atoms with Crippen LogP contribution in [0, 0.1) is 61.2 Å². The summed E-state index contributed by atoms with van der Waals surface area (Å²) in [6.07, 6.45) is 40.9. The van der Waals surface area contributed by atoms with Crippen LogP contribution in [0.25, 0.3) is 0 Å². The minimum absolute atomic E-state index is 0.200. The van der Waals surface area contributed by atoms with Crippen LogP contribution in [0.2, 0.25) is 0 Å². The highest BCUT2D eigenvalue weighted by Crippen LogP contribution is 2.50. The Morgan fingerprint density at radius 2 is 0.709 bits per heavy atom. The first-order chi connectivity index (χ1) is 27.0. The molecule has 4 aliphatic carbocycles. The van der Waals surface area contributed by atoms with Gasteiger partial charge in [-0.3, -0.25) is 0 Å². The second-order valence-corrected chi connectivity index (χ2v) is 20.1. The normalized spacial score (nSPS) is 30.2. The average Bonchev–Trinajstić information content (AvgIpc) is 3.23. The van der Waals surface area contributed by atoms with Gasteiger partial charge in [0.2, 0.25) is 0 Å². The Hall–Kier alpha value is -1.60. The molecule has 0 aliphatic heterocycles. The summed E-state index contributed by atoms with van der Waals surface area (Å²) >= 11 is 0. The number of rotatable bonds is 20. The molecule has 6 rings (SSSR count). The Morgan fingerprint density at radius 3 is 1.04 bits per heavy atom. The summed E-state index contributed by atoms with van der Waals surface area (Å²) in [4.78, 5) is 0. The largest absolute Gasteiger partial charge is 0.365 e. The summed E-state index contributed by atoms with van der Waals surface area (Å²) in [7, 11) is 0. The highest BCUT2D eigenvalue weighted by atomic mass is 16.5. The Bertz CT molecular complexity index is 1180. The summed E-state index contributed by atoms with van der Waals surface area (Å²) in [5, 5.41) is 0. The predicted octanol–water partition coefficient (Wildman–Crippen LogP) is 17.0. The molecule has 1 heteroatoms. The molecule has 0 heterocycles. The average molecular weight is 751 g/mol. The quantitative estimate of drug-likeness (QED) is 0.122. The molecule has 0 aromatic heterocycles. The lowest BCUT2D eigenvalue weighted by molar-refractivity contribution is -0.0934. The standard InChI is InChI=1S/C54H86O/c1-5-7-9-11-13-15-43-21-29-45(30-22-43)47-33-37-51(38-34-47)53(49-25-17-41(3)18-26-49)55-54(50-27-19-42(4)20-28-50)52-39-35-48(36-40-52)46-31-23-44(24-32-46)16-14-12-10-8-6-2/h17-20,25-28,43-48,51-54H,5-16,21-24,29-40H2,1-4H3/t43-,44-,45-,46-,47-,48-,51-,52-,53?,54?. The van der Waals surface area contributed by atoms with Crippen LogP contribution in [0.1, 0.15) is 228 Å². The molecule has 55 heavy (non-hydrogen) atoms. The van der Waals surface area contributed by atoms with E-state index in [1.165, 1.54) is 202 Å². The van der Waals surface area contributed by atoms with Crippen LogP contribution in [0.15, 0.2) is 48.5 Å². The number of unbranched alkanes of at least 4 members (excludes halogenated alkanes) is 8. The van der Waals surface area contributed by atoms with Crippen LogP contribution in [0.3, 0.4) is 0 Å². The highest BCUT2D eigenvalue weighted by molar-refractivity contribution is 5.26. The molecular formula is C54H86O. The van der Waals surface area contributed by atoms with Crippen molar-refractivity contribution in [2.75, 3.05) is 0 Å². The van der Waals surface area contributed by atoms with Gasteiger partial charge in [0.1, 0.15) is 0 Å². The molecule has 0 amide bonds. The van der Waals surface area contributed by atoms with Crippen LogP contribution in [0.4, 0.5) is 0 Å². The molecule has 0 spiro atoms. The van der Waals surface area contributed by atoms with Gasteiger partial charge in [-0.2, -0.15) is 0 Å². The Morgan fingerprint density at radius 1 is 0.400 bits per heavy atom. The minimum Gasteiger partial charge on any atom is -0.365 e. The van der Waals surface area contributed by atoms with Gasteiger partial charge in [0.15, 0.2) is 0 Å². The first-order valence-electron chi connectivity index (χ1n) is 24.8. The van der Waals surface area contributed by atoms with E-state index in [-0.39, 0.29) is 12.2 Å². The van der Waals surface area contributed by atoms with Crippen LogP contribution in [-0.4, -0.2) is 0 Å². The SMILES string of the molecule is CCCCCCC[C@H]1CC[C@H]([C@H]2CC[C@H](C(OC(c3ccc(C)cc3)[C@H]3CC[C@H]([C@H]4CC[C@H](CCCCCCC)CC4)CC3)c3ccc(C)cc3)CC2)CC1. The van der Waals surface area contributed by atoms with E-state index in [1.54, 1.807) is 0 Å². The topological polar surface area (TPSA) is 9.23 Å². The fraction of sp³-hybridized carbons (Fsp3) is 0.778. The maximum Gasteiger partial charge on any atom is 0.0861 e. The fourth-order valence-corrected chi connectivity index (χ4v) is 12.4. The van der Waals surface area contributed by atoms with Gasteiger partial charge in [-0.25, -0.2) is 0 Å². The van der Waals surface area contributed by atoms with Crippen LogP contribution >= 0.6 is 0 Å². The van der Waals surface area contributed by atoms with E-state index in [4.69, 9.17) is 4.74 Å². The lowest BCUT2D eigenvalue weighted by Crippen LogP contribution is -2.31. The summed E-state index contributed by atoms with van der Waals surface area (Å²) in [6, 6.07) is 19.0. The van der Waals surface area contributed by atoms with Crippen molar-refractivity contribution in [1.29, 1.82) is 0 Å². The van der Waals surface area contributed by atoms with Crippen molar-refractivity contribution in [1.82, 2.24) is 0 Å². The van der Waals surface area contributed by atoms with E-state index in [0.29, 0.717) is 11.8 Å². The van der Waals surface area contributed by atoms with Crippen molar-refractivity contribution >= 4 is 0 Å². The summed E-state index contributed by atoms with van der Waals surface area (Å²) in [6.45, 7) is 9.14. The minimum atomic E-state index is 0.200. The van der Waals surface area contributed by atoms with Crippen LogP contribution < -0.4 is 0 Å². The lowest BCUT2D eigenvalue weighted by atomic mass is 9.67. The first kappa shape index (κ1) is 43.0. The van der Waals surface area contributed by atoms with Crippen molar-refractivity contribution in [3.8, 4) is 0 Å². The summed E-state index contributed by atoms with van der Waals surface area (Å²) in [5.74, 6) is 7.16. The number of hydrogen-bond acceptors (Lipinski definition) is 1. The predicted molar refractivity (Wildman–Crippen MR) is 237 cm³/mol. The van der Waals surface area contributed by atoms with Crippen molar-refractivity contribution in [3.05, 3.63) is 70.8 Å². The van der Waals surface area contributed by atoms with E-state index in [1.807, 2.05) is 0 Å². The maximum atomic E-state index is 7.69. The molecule has 2 atom stereocenters. The van der Waals surface area contributed by atoms with E-state index in [0.717, 1.165) is 35.5 Å². The highest BCUT2D eigenvalue weighted by Gasteiger charge is 2.39. The summed E-state index contributed by atoms with van der Waals surface area (Å²) in [5.41, 5.74) is 5.58. The molecule has 0 N–H and O–H groups in total. The second kappa shape index (κ2) is 23.1. The Kier molecular flexibility index (Phi) is 18.1. The molecular weight excluding hydrogens is 665 g/mol. The van der Waals surface area contributed by atoms with Gasteiger partial charge >= 0.3 is 0 Å². The van der Waals surface area contributed by atoms with Crippen LogP contribution in [-0.2, 0) is 4.74 Å². The monoisotopic (exact) mass is 751 g/mol. The third kappa shape index (κ3) is 13.2. The molecule has 4 saturated carbocycles. The van der Waals surface area contributed by atoms with Gasteiger partial charge in [0.25, 0.3) is 0 Å². The third-order valence-corrected chi connectivity index (χ3v) is 16.1. The molecule has 4 fully saturated rings. The zero-order chi connectivity index (χ0) is 38.2. The van der Waals surface area contributed by atoms with Crippen molar-refractivity contribution in [2.45, 2.75) is 220 Å². The van der Waals surface area contributed by atoms with Gasteiger partial charge in [-0.15, -0.1) is 0 Å². The van der Waals surface area contributed by atoms with E-state index < -0.39 is 0 Å². The second-order valence-electron chi connectivity index (χ2n) is 20.1. The van der Waals surface area contributed by atoms with Crippen molar-refractivity contribution in [2.24, 2.45) is 47.3 Å². The molecule has 2 unspecified atom stereocenters. The third-order valence-electron chi connectivity index (χ3n) is 16.1. The Labute approximate surface area is 341 Å². The van der Waals surface area contributed by atoms with E-state index >= 15 is 0 Å². The molecule has 0 saturated heterocycles. The van der Waals surface area contributed by atoms with Gasteiger partial charge in [0.05, 0.1) is 12.2 Å². The molecule has 1 nitrogen and oxygen atoms in total. The van der Waals surface area contributed by atoms with Crippen molar-refractivity contribution in [3.63, 3.8) is 0 Å². The van der Waals surface area contributed by atoms with Gasteiger partial charge in [-0.05, 0) is 149 Å².